The second-order valence-electron chi connectivity index (χ2n) is 5.42. The molecule has 0 bridgehead atoms. The van der Waals surface area contributed by atoms with Gasteiger partial charge in [0.2, 0.25) is 6.41 Å². The quantitative estimate of drug-likeness (QED) is 0.757. The number of nitrogens with one attached hydrogen (secondary N) is 1. The Bertz CT molecular complexity index is 725. The molecule has 1 aromatic carbocycles. The molecule has 122 valence electrons. The summed E-state index contributed by atoms with van der Waals surface area (Å²) < 4.78 is 5.68. The Morgan fingerprint density at radius 1 is 1.48 bits per heavy atom. The highest BCUT2D eigenvalue weighted by Crippen LogP contribution is 2.34. The highest BCUT2D eigenvalue weighted by atomic mass is 32.1. The lowest BCUT2D eigenvalue weighted by molar-refractivity contribution is -0.105. The molecule has 0 aliphatic heterocycles. The molecule has 0 saturated heterocycles. The minimum Gasteiger partial charge on any atom is -0.491 e. The first-order valence-corrected chi connectivity index (χ1v) is 7.92. The Kier molecular flexibility index (Phi) is 5.33. The second-order valence-corrected chi connectivity index (χ2v) is 6.42. The van der Waals surface area contributed by atoms with E-state index in [9.17, 15) is 9.59 Å². The van der Waals surface area contributed by atoms with Crippen LogP contribution in [0.1, 0.15) is 29.2 Å². The van der Waals surface area contributed by atoms with Crippen molar-refractivity contribution in [3.8, 4) is 16.3 Å². The van der Waals surface area contributed by atoms with Gasteiger partial charge in [0.1, 0.15) is 15.6 Å². The smallest absolute Gasteiger partial charge is 0.347 e. The van der Waals surface area contributed by atoms with Crippen LogP contribution in [0.2, 0.25) is 0 Å². The van der Waals surface area contributed by atoms with E-state index in [0.29, 0.717) is 41.1 Å². The molecule has 0 saturated carbocycles. The first kappa shape index (κ1) is 17.0. The maximum atomic E-state index is 11.1. The lowest BCUT2D eigenvalue weighted by Crippen LogP contribution is -2.07. The number of aryl methyl sites for hydroxylation is 1. The molecule has 7 heteroatoms. The summed E-state index contributed by atoms with van der Waals surface area (Å²) in [4.78, 5) is 26.4. The van der Waals surface area contributed by atoms with Gasteiger partial charge in [0.25, 0.3) is 0 Å². The topological polar surface area (TPSA) is 88.5 Å². The van der Waals surface area contributed by atoms with Crippen molar-refractivity contribution in [2.45, 2.75) is 20.8 Å². The van der Waals surface area contributed by atoms with Crippen molar-refractivity contribution in [3.05, 3.63) is 28.8 Å². The van der Waals surface area contributed by atoms with Crippen LogP contribution in [0.15, 0.2) is 18.2 Å². The number of benzene rings is 1. The summed E-state index contributed by atoms with van der Waals surface area (Å²) >= 11 is 1.10. The summed E-state index contributed by atoms with van der Waals surface area (Å²) in [5.41, 5.74) is 1.73. The molecule has 6 nitrogen and oxygen atoms in total. The molecular formula is C16H18N2O4S. The van der Waals surface area contributed by atoms with Crippen molar-refractivity contribution in [1.29, 1.82) is 0 Å². The fourth-order valence-corrected chi connectivity index (χ4v) is 2.84. The van der Waals surface area contributed by atoms with E-state index in [-0.39, 0.29) is 4.88 Å². The molecule has 0 unspecified atom stereocenters. The van der Waals surface area contributed by atoms with Gasteiger partial charge in [-0.2, -0.15) is 0 Å². The normalized spacial score (nSPS) is 10.6. The molecule has 0 aliphatic rings. The van der Waals surface area contributed by atoms with Crippen LogP contribution in [0.3, 0.4) is 0 Å². The van der Waals surface area contributed by atoms with Gasteiger partial charge in [0.05, 0.1) is 18.0 Å². The van der Waals surface area contributed by atoms with Gasteiger partial charge in [-0.3, -0.25) is 4.79 Å². The van der Waals surface area contributed by atoms with Crippen LogP contribution >= 0.6 is 11.3 Å². The Hall–Kier alpha value is -2.41. The summed E-state index contributed by atoms with van der Waals surface area (Å²) in [7, 11) is 0. The van der Waals surface area contributed by atoms with Crippen molar-refractivity contribution in [2.24, 2.45) is 5.92 Å². The average molecular weight is 334 g/mol. The van der Waals surface area contributed by atoms with Gasteiger partial charge in [0, 0.05) is 5.56 Å². The Morgan fingerprint density at radius 2 is 2.22 bits per heavy atom. The van der Waals surface area contributed by atoms with Gasteiger partial charge < -0.3 is 15.2 Å². The van der Waals surface area contributed by atoms with Crippen molar-refractivity contribution < 1.29 is 19.4 Å². The molecule has 2 rings (SSSR count). The zero-order valence-corrected chi connectivity index (χ0v) is 13.9. The first-order valence-electron chi connectivity index (χ1n) is 7.10. The zero-order chi connectivity index (χ0) is 17.0. The van der Waals surface area contributed by atoms with Crippen LogP contribution in [0.5, 0.6) is 5.75 Å². The highest BCUT2D eigenvalue weighted by molar-refractivity contribution is 7.17. The van der Waals surface area contributed by atoms with E-state index < -0.39 is 5.97 Å². The minimum absolute atomic E-state index is 0.213. The SMILES string of the molecule is Cc1nc(-c2ccc(OCC(C)C)c(NC=O)c2)sc1C(=O)O. The number of aromatic carboxylic acids is 1. The molecule has 1 amide bonds. The Morgan fingerprint density at radius 3 is 2.78 bits per heavy atom. The van der Waals surface area contributed by atoms with Crippen LogP contribution in [0.4, 0.5) is 5.69 Å². The van der Waals surface area contributed by atoms with Gasteiger partial charge in [-0.15, -0.1) is 11.3 Å². The number of amides is 1. The molecule has 0 fully saturated rings. The summed E-state index contributed by atoms with van der Waals surface area (Å²) in [6.07, 6.45) is 0.580. The first-order chi connectivity index (χ1) is 10.9. The predicted octanol–water partition coefficient (Wildman–Crippen LogP) is 3.42. The van der Waals surface area contributed by atoms with Crippen molar-refractivity contribution in [1.82, 2.24) is 4.98 Å². The van der Waals surface area contributed by atoms with E-state index >= 15 is 0 Å². The number of nitrogens with zero attached hydrogens (tertiary/aromatic N) is 1. The third-order valence-electron chi connectivity index (χ3n) is 3.00. The number of thiazole rings is 1. The maximum Gasteiger partial charge on any atom is 0.347 e. The van der Waals surface area contributed by atoms with E-state index in [1.807, 2.05) is 13.8 Å². The number of carbonyl (C=O) groups excluding carboxylic acids is 1. The van der Waals surface area contributed by atoms with E-state index in [1.165, 1.54) is 0 Å². The zero-order valence-electron chi connectivity index (χ0n) is 13.1. The van der Waals surface area contributed by atoms with Gasteiger partial charge in [0.15, 0.2) is 0 Å². The number of rotatable bonds is 7. The Labute approximate surface area is 138 Å². The van der Waals surface area contributed by atoms with Crippen LogP contribution in [0, 0.1) is 12.8 Å². The van der Waals surface area contributed by atoms with E-state index in [4.69, 9.17) is 9.84 Å². The molecule has 0 atom stereocenters. The number of carbonyl (C=O) groups is 2. The van der Waals surface area contributed by atoms with Gasteiger partial charge in [-0.05, 0) is 31.0 Å². The predicted molar refractivity (Wildman–Crippen MR) is 89.3 cm³/mol. The molecular weight excluding hydrogens is 316 g/mol. The number of hydrogen-bond donors (Lipinski definition) is 2. The Balaban J connectivity index is 2.36. The van der Waals surface area contributed by atoms with Crippen LogP contribution < -0.4 is 10.1 Å². The molecule has 0 aliphatic carbocycles. The summed E-state index contributed by atoms with van der Waals surface area (Å²) in [6, 6.07) is 5.28. The molecule has 0 spiro atoms. The van der Waals surface area contributed by atoms with E-state index in [2.05, 4.69) is 10.3 Å². The third kappa shape index (κ3) is 4.07. The summed E-state index contributed by atoms with van der Waals surface area (Å²) in [5.74, 6) is -0.0610. The van der Waals surface area contributed by atoms with E-state index in [0.717, 1.165) is 16.9 Å². The van der Waals surface area contributed by atoms with Gasteiger partial charge in [-0.1, -0.05) is 13.8 Å². The molecule has 2 aromatic rings. The third-order valence-corrected chi connectivity index (χ3v) is 4.20. The van der Waals surface area contributed by atoms with Crippen LogP contribution in [0.25, 0.3) is 10.6 Å². The number of hydrogen-bond acceptors (Lipinski definition) is 5. The van der Waals surface area contributed by atoms with Crippen LogP contribution in [-0.4, -0.2) is 29.1 Å². The number of carboxylic acid groups (broad SMARTS) is 1. The molecule has 23 heavy (non-hydrogen) atoms. The number of anilines is 1. The van der Waals surface area contributed by atoms with Crippen molar-refractivity contribution in [2.75, 3.05) is 11.9 Å². The highest BCUT2D eigenvalue weighted by Gasteiger charge is 2.16. The average Bonchev–Trinajstić information content (AvgIpc) is 2.88. The van der Waals surface area contributed by atoms with Crippen LogP contribution in [-0.2, 0) is 4.79 Å². The lowest BCUT2D eigenvalue weighted by atomic mass is 10.2. The molecule has 2 N–H and O–H groups in total. The number of carboxylic acids is 1. The van der Waals surface area contributed by atoms with E-state index in [1.54, 1.807) is 25.1 Å². The second kappa shape index (κ2) is 7.23. The number of ether oxygens (including phenoxy) is 1. The lowest BCUT2D eigenvalue weighted by Gasteiger charge is -2.13. The minimum atomic E-state index is -0.991. The monoisotopic (exact) mass is 334 g/mol. The molecule has 1 aromatic heterocycles. The fourth-order valence-electron chi connectivity index (χ4n) is 1.94. The van der Waals surface area contributed by atoms with Crippen molar-refractivity contribution >= 4 is 29.4 Å². The summed E-state index contributed by atoms with van der Waals surface area (Å²) in [6.45, 7) is 6.26. The number of aromatic nitrogens is 1. The molecule has 0 radical (unpaired) electrons. The van der Waals surface area contributed by atoms with Gasteiger partial charge in [-0.25, -0.2) is 9.78 Å². The molecule has 1 heterocycles. The summed E-state index contributed by atoms with van der Waals surface area (Å²) in [5, 5.41) is 12.3. The fraction of sp³-hybridized carbons (Fsp3) is 0.312. The maximum absolute atomic E-state index is 11.1. The largest absolute Gasteiger partial charge is 0.491 e. The van der Waals surface area contributed by atoms with Gasteiger partial charge >= 0.3 is 5.97 Å². The standard InChI is InChI=1S/C16H18N2O4S/c1-9(2)7-22-13-5-4-11(6-12(13)17-8-19)15-18-10(3)14(23-15)16(20)21/h4-6,8-9H,7H2,1-3H3,(H,17,19)(H,20,21). The van der Waals surface area contributed by atoms with Crippen molar-refractivity contribution in [3.63, 3.8) is 0 Å².